The molecule has 126 valence electrons. The quantitative estimate of drug-likeness (QED) is 0.749. The van der Waals surface area contributed by atoms with Gasteiger partial charge in [0, 0.05) is 18.3 Å². The Morgan fingerprint density at radius 2 is 1.83 bits per heavy atom. The number of hydrogen-bond donors (Lipinski definition) is 1. The number of rotatable bonds is 6. The van der Waals surface area contributed by atoms with Crippen LogP contribution < -0.4 is 14.8 Å². The fourth-order valence-electron chi connectivity index (χ4n) is 2.58. The zero-order valence-corrected chi connectivity index (χ0v) is 14.3. The second kappa shape index (κ2) is 6.74. The van der Waals surface area contributed by atoms with Crippen molar-refractivity contribution in [2.45, 2.75) is 20.3 Å². The number of benzene rings is 1. The summed E-state index contributed by atoms with van der Waals surface area (Å²) in [6, 6.07) is 7.92. The predicted molar refractivity (Wildman–Crippen MR) is 92.0 cm³/mol. The minimum Gasteiger partial charge on any atom is -0.493 e. The molecule has 0 aliphatic rings. The molecule has 0 radical (unpaired) electrons. The van der Waals surface area contributed by atoms with E-state index in [2.05, 4.69) is 20.4 Å². The van der Waals surface area contributed by atoms with Gasteiger partial charge in [-0.25, -0.2) is 4.98 Å². The molecule has 0 spiro atoms. The molecule has 0 unspecified atom stereocenters. The van der Waals surface area contributed by atoms with E-state index in [1.807, 2.05) is 38.1 Å². The van der Waals surface area contributed by atoms with E-state index in [1.165, 1.54) is 0 Å². The Morgan fingerprint density at radius 1 is 1.04 bits per heavy atom. The van der Waals surface area contributed by atoms with Crippen LogP contribution in [0.1, 0.15) is 17.1 Å². The standard InChI is InChI=1S/C17H21N5O2/c1-11-9-16(22-17(19-11)20-12(2)21-22)18-8-7-13-5-6-14(23-3)15(10-13)24-4/h5-6,9-10,18H,7-8H2,1-4H3. The van der Waals surface area contributed by atoms with Crippen LogP contribution in [0.2, 0.25) is 0 Å². The lowest BCUT2D eigenvalue weighted by molar-refractivity contribution is 0.354. The summed E-state index contributed by atoms with van der Waals surface area (Å²) in [4.78, 5) is 8.70. The number of aryl methyl sites for hydroxylation is 2. The summed E-state index contributed by atoms with van der Waals surface area (Å²) < 4.78 is 12.3. The Balaban J connectivity index is 1.73. The van der Waals surface area contributed by atoms with Gasteiger partial charge in [-0.3, -0.25) is 0 Å². The van der Waals surface area contributed by atoms with E-state index in [-0.39, 0.29) is 0 Å². The molecule has 3 rings (SSSR count). The summed E-state index contributed by atoms with van der Waals surface area (Å²) in [7, 11) is 3.28. The van der Waals surface area contributed by atoms with E-state index in [1.54, 1.807) is 18.7 Å². The molecule has 0 atom stereocenters. The second-order valence-electron chi connectivity index (χ2n) is 5.52. The average molecular weight is 327 g/mol. The maximum Gasteiger partial charge on any atom is 0.254 e. The van der Waals surface area contributed by atoms with Gasteiger partial charge in [0.2, 0.25) is 0 Å². The second-order valence-corrected chi connectivity index (χ2v) is 5.52. The molecule has 1 aromatic carbocycles. The van der Waals surface area contributed by atoms with E-state index in [9.17, 15) is 0 Å². The molecule has 0 aliphatic heterocycles. The summed E-state index contributed by atoms with van der Waals surface area (Å²) in [6.45, 7) is 4.56. The van der Waals surface area contributed by atoms with Crippen LogP contribution in [0.4, 0.5) is 5.82 Å². The van der Waals surface area contributed by atoms with Crippen LogP contribution in [0.15, 0.2) is 24.3 Å². The molecule has 0 aliphatic carbocycles. The molecule has 7 heteroatoms. The highest BCUT2D eigenvalue weighted by molar-refractivity contribution is 5.46. The first-order valence-corrected chi connectivity index (χ1v) is 7.76. The highest BCUT2D eigenvalue weighted by Crippen LogP contribution is 2.27. The summed E-state index contributed by atoms with van der Waals surface area (Å²) in [5.74, 6) is 3.68. The molecular weight excluding hydrogens is 306 g/mol. The van der Waals surface area contributed by atoms with Crippen molar-refractivity contribution in [1.29, 1.82) is 0 Å². The maximum atomic E-state index is 5.34. The van der Waals surface area contributed by atoms with Gasteiger partial charge < -0.3 is 14.8 Å². The lowest BCUT2D eigenvalue weighted by Crippen LogP contribution is -2.10. The summed E-state index contributed by atoms with van der Waals surface area (Å²) >= 11 is 0. The van der Waals surface area contributed by atoms with Crippen molar-refractivity contribution in [3.63, 3.8) is 0 Å². The van der Waals surface area contributed by atoms with E-state index in [4.69, 9.17) is 9.47 Å². The van der Waals surface area contributed by atoms with Crippen molar-refractivity contribution >= 4 is 11.6 Å². The van der Waals surface area contributed by atoms with Crippen molar-refractivity contribution in [1.82, 2.24) is 19.6 Å². The molecule has 0 saturated carbocycles. The van der Waals surface area contributed by atoms with Crippen molar-refractivity contribution in [2.75, 3.05) is 26.1 Å². The smallest absolute Gasteiger partial charge is 0.254 e. The van der Waals surface area contributed by atoms with E-state index < -0.39 is 0 Å². The number of anilines is 1. The Hall–Kier alpha value is -2.83. The van der Waals surface area contributed by atoms with Crippen LogP contribution in [0.3, 0.4) is 0 Å². The lowest BCUT2D eigenvalue weighted by Gasteiger charge is -2.11. The summed E-state index contributed by atoms with van der Waals surface area (Å²) in [5.41, 5.74) is 2.07. The fourth-order valence-corrected chi connectivity index (χ4v) is 2.58. The van der Waals surface area contributed by atoms with Gasteiger partial charge >= 0.3 is 0 Å². The predicted octanol–water partition coefficient (Wildman–Crippen LogP) is 2.41. The minimum absolute atomic E-state index is 0.612. The molecule has 2 aromatic heterocycles. The first-order valence-electron chi connectivity index (χ1n) is 7.76. The van der Waals surface area contributed by atoms with Gasteiger partial charge in [-0.2, -0.15) is 9.50 Å². The largest absolute Gasteiger partial charge is 0.493 e. The molecular formula is C17H21N5O2. The van der Waals surface area contributed by atoms with E-state index >= 15 is 0 Å². The highest BCUT2D eigenvalue weighted by Gasteiger charge is 2.08. The fraction of sp³-hybridized carbons (Fsp3) is 0.353. The van der Waals surface area contributed by atoms with Gasteiger partial charge in [0.15, 0.2) is 11.5 Å². The monoisotopic (exact) mass is 327 g/mol. The number of nitrogens with one attached hydrogen (secondary N) is 1. The summed E-state index contributed by atoms with van der Waals surface area (Å²) in [6.07, 6.45) is 0.844. The molecule has 0 amide bonds. The number of ether oxygens (including phenoxy) is 2. The molecule has 3 aromatic rings. The average Bonchev–Trinajstić information content (AvgIpc) is 2.94. The molecule has 24 heavy (non-hydrogen) atoms. The number of methoxy groups -OCH3 is 2. The Kier molecular flexibility index (Phi) is 4.50. The Labute approximate surface area is 140 Å². The first kappa shape index (κ1) is 16.0. The van der Waals surface area contributed by atoms with Crippen LogP contribution in [0.25, 0.3) is 5.78 Å². The van der Waals surface area contributed by atoms with Gasteiger partial charge in [-0.15, -0.1) is 5.10 Å². The Morgan fingerprint density at radius 3 is 2.58 bits per heavy atom. The highest BCUT2D eigenvalue weighted by atomic mass is 16.5. The van der Waals surface area contributed by atoms with Crippen LogP contribution in [0, 0.1) is 13.8 Å². The number of hydrogen-bond acceptors (Lipinski definition) is 6. The van der Waals surface area contributed by atoms with Crippen molar-refractivity contribution in [2.24, 2.45) is 0 Å². The van der Waals surface area contributed by atoms with Crippen LogP contribution in [0.5, 0.6) is 11.5 Å². The third-order valence-electron chi connectivity index (χ3n) is 3.71. The van der Waals surface area contributed by atoms with Gasteiger partial charge in [-0.05, 0) is 38.0 Å². The SMILES string of the molecule is COc1ccc(CCNc2cc(C)nc3nc(C)nn23)cc1OC. The van der Waals surface area contributed by atoms with Gasteiger partial charge in [-0.1, -0.05) is 6.07 Å². The molecule has 0 fully saturated rings. The summed E-state index contributed by atoms with van der Waals surface area (Å²) in [5, 5.41) is 7.78. The number of fused-ring (bicyclic) bond motifs is 1. The zero-order chi connectivity index (χ0) is 17.1. The van der Waals surface area contributed by atoms with Gasteiger partial charge in [0.05, 0.1) is 14.2 Å². The van der Waals surface area contributed by atoms with Crippen LogP contribution in [-0.2, 0) is 6.42 Å². The third-order valence-corrected chi connectivity index (χ3v) is 3.71. The molecule has 1 N–H and O–H groups in total. The van der Waals surface area contributed by atoms with Crippen molar-refractivity contribution < 1.29 is 9.47 Å². The van der Waals surface area contributed by atoms with Gasteiger partial charge in [0.1, 0.15) is 11.6 Å². The van der Waals surface area contributed by atoms with Crippen LogP contribution >= 0.6 is 0 Å². The lowest BCUT2D eigenvalue weighted by atomic mass is 10.1. The molecule has 7 nitrogen and oxygen atoms in total. The van der Waals surface area contributed by atoms with E-state index in [0.717, 1.165) is 41.5 Å². The minimum atomic E-state index is 0.612. The first-order chi connectivity index (χ1) is 11.6. The molecule has 2 heterocycles. The topological polar surface area (TPSA) is 73.6 Å². The maximum absolute atomic E-state index is 5.34. The van der Waals surface area contributed by atoms with E-state index in [0.29, 0.717) is 11.6 Å². The zero-order valence-electron chi connectivity index (χ0n) is 14.3. The Bertz CT molecular complexity index is 860. The molecule has 0 bridgehead atoms. The normalized spacial score (nSPS) is 10.8. The van der Waals surface area contributed by atoms with Crippen molar-refractivity contribution in [3.8, 4) is 11.5 Å². The third kappa shape index (κ3) is 3.24. The van der Waals surface area contributed by atoms with Crippen molar-refractivity contribution in [3.05, 3.63) is 41.3 Å². The molecule has 0 saturated heterocycles. The van der Waals surface area contributed by atoms with Gasteiger partial charge in [0.25, 0.3) is 5.78 Å². The number of aromatic nitrogens is 4. The number of nitrogens with zero attached hydrogens (tertiary/aromatic N) is 4. The van der Waals surface area contributed by atoms with Crippen LogP contribution in [-0.4, -0.2) is 40.3 Å².